The molecule has 0 aliphatic carbocycles. The van der Waals surface area contributed by atoms with E-state index in [2.05, 4.69) is 27.9 Å². The summed E-state index contributed by atoms with van der Waals surface area (Å²) < 4.78 is 27.0. The molecule has 2 aromatic carbocycles. The number of hydrogen-bond donors (Lipinski definition) is 1. The van der Waals surface area contributed by atoms with E-state index in [1.54, 1.807) is 25.1 Å². The van der Waals surface area contributed by atoms with Gasteiger partial charge in [-0.25, -0.2) is 8.42 Å². The Morgan fingerprint density at radius 1 is 1.27 bits per heavy atom. The molecule has 5 nitrogen and oxygen atoms in total. The molecule has 2 rings (SSSR count). The van der Waals surface area contributed by atoms with E-state index in [1.165, 1.54) is 6.07 Å². The van der Waals surface area contributed by atoms with E-state index >= 15 is 0 Å². The molecule has 0 unspecified atom stereocenters. The summed E-state index contributed by atoms with van der Waals surface area (Å²) in [5.41, 5.74) is 1.93. The Bertz CT molecular complexity index is 918. The second kappa shape index (κ2) is 8.58. The zero-order valence-corrected chi connectivity index (χ0v) is 18.4. The number of rotatable bonds is 6. The van der Waals surface area contributed by atoms with Crippen LogP contribution in [0.3, 0.4) is 0 Å². The summed E-state index contributed by atoms with van der Waals surface area (Å²) in [6, 6.07) is 11.2. The average molecular weight is 507 g/mol. The van der Waals surface area contributed by atoms with E-state index in [0.29, 0.717) is 22.8 Å². The molecular formula is C18H20ClIN2O3S. The number of amides is 1. The predicted molar refractivity (Wildman–Crippen MR) is 115 cm³/mol. The minimum Gasteiger partial charge on any atom is -0.324 e. The first-order valence-electron chi connectivity index (χ1n) is 7.95. The standard InChI is InChI=1S/C18H20ClIN2O3S/c1-4-17(18(23)21-16-9-8-14(20)10-12(16)2)22(26(3,24)25)15-7-5-6-13(19)11-15/h5-11,17H,4H2,1-3H3,(H,21,23)/t17-/m1/s1. The lowest BCUT2D eigenvalue weighted by Crippen LogP contribution is -2.47. The van der Waals surface area contributed by atoms with Crippen LogP contribution < -0.4 is 9.62 Å². The second-order valence-electron chi connectivity index (χ2n) is 5.91. The Hall–Kier alpha value is -1.32. The van der Waals surface area contributed by atoms with Gasteiger partial charge in [0.2, 0.25) is 15.9 Å². The van der Waals surface area contributed by atoms with Gasteiger partial charge in [0, 0.05) is 14.3 Å². The van der Waals surface area contributed by atoms with Gasteiger partial charge in [-0.2, -0.15) is 0 Å². The van der Waals surface area contributed by atoms with E-state index in [4.69, 9.17) is 11.6 Å². The van der Waals surface area contributed by atoms with Gasteiger partial charge in [-0.05, 0) is 77.9 Å². The van der Waals surface area contributed by atoms with Crippen LogP contribution in [0, 0.1) is 10.5 Å². The number of benzene rings is 2. The molecule has 0 heterocycles. The van der Waals surface area contributed by atoms with Crippen LogP contribution in [0.4, 0.5) is 11.4 Å². The second-order valence-corrected chi connectivity index (χ2v) is 9.45. The van der Waals surface area contributed by atoms with Crippen LogP contribution >= 0.6 is 34.2 Å². The summed E-state index contributed by atoms with van der Waals surface area (Å²) in [5.74, 6) is -0.387. The van der Waals surface area contributed by atoms with E-state index in [9.17, 15) is 13.2 Å². The third-order valence-corrected chi connectivity index (χ3v) is 5.92. The summed E-state index contributed by atoms with van der Waals surface area (Å²) in [6.45, 7) is 3.66. The summed E-state index contributed by atoms with van der Waals surface area (Å²) >= 11 is 8.20. The van der Waals surface area contributed by atoms with E-state index in [0.717, 1.165) is 19.7 Å². The van der Waals surface area contributed by atoms with Gasteiger partial charge in [0.1, 0.15) is 6.04 Å². The fourth-order valence-electron chi connectivity index (χ4n) is 2.66. The summed E-state index contributed by atoms with van der Waals surface area (Å²) in [7, 11) is -3.69. The zero-order valence-electron chi connectivity index (χ0n) is 14.7. The molecule has 0 saturated carbocycles. The highest BCUT2D eigenvalue weighted by atomic mass is 127. The predicted octanol–water partition coefficient (Wildman–Crippen LogP) is 4.44. The van der Waals surface area contributed by atoms with Crippen molar-refractivity contribution in [2.75, 3.05) is 15.9 Å². The molecule has 2 aromatic rings. The fourth-order valence-corrected chi connectivity index (χ4v) is 4.69. The van der Waals surface area contributed by atoms with Crippen molar-refractivity contribution in [2.45, 2.75) is 26.3 Å². The topological polar surface area (TPSA) is 66.5 Å². The van der Waals surface area contributed by atoms with Crippen molar-refractivity contribution in [2.24, 2.45) is 0 Å². The minimum atomic E-state index is -3.69. The van der Waals surface area contributed by atoms with Gasteiger partial charge in [-0.15, -0.1) is 0 Å². The lowest BCUT2D eigenvalue weighted by Gasteiger charge is -2.30. The number of aryl methyl sites for hydroxylation is 1. The van der Waals surface area contributed by atoms with Crippen LogP contribution in [0.15, 0.2) is 42.5 Å². The van der Waals surface area contributed by atoms with Crippen molar-refractivity contribution < 1.29 is 13.2 Å². The Labute approximate surface area is 172 Å². The van der Waals surface area contributed by atoms with Crippen molar-refractivity contribution in [1.29, 1.82) is 0 Å². The number of hydrogen-bond acceptors (Lipinski definition) is 3. The van der Waals surface area contributed by atoms with Crippen LogP contribution in [-0.2, 0) is 14.8 Å². The van der Waals surface area contributed by atoms with Crippen molar-refractivity contribution in [1.82, 2.24) is 0 Å². The van der Waals surface area contributed by atoms with Gasteiger partial charge in [0.05, 0.1) is 11.9 Å². The SMILES string of the molecule is CC[C@H](C(=O)Nc1ccc(I)cc1C)N(c1cccc(Cl)c1)S(C)(=O)=O. The van der Waals surface area contributed by atoms with E-state index in [-0.39, 0.29) is 5.91 Å². The molecule has 26 heavy (non-hydrogen) atoms. The van der Waals surface area contributed by atoms with Crippen molar-refractivity contribution >= 4 is 61.5 Å². The molecule has 1 N–H and O–H groups in total. The number of anilines is 2. The molecule has 1 amide bonds. The van der Waals surface area contributed by atoms with Crippen molar-refractivity contribution in [3.63, 3.8) is 0 Å². The highest BCUT2D eigenvalue weighted by Gasteiger charge is 2.31. The largest absolute Gasteiger partial charge is 0.324 e. The molecule has 0 aliphatic heterocycles. The van der Waals surface area contributed by atoms with Crippen LogP contribution in [0.1, 0.15) is 18.9 Å². The van der Waals surface area contributed by atoms with Gasteiger partial charge in [-0.3, -0.25) is 9.10 Å². The normalized spacial score (nSPS) is 12.5. The maximum absolute atomic E-state index is 12.9. The quantitative estimate of drug-likeness (QED) is 0.589. The zero-order chi connectivity index (χ0) is 19.5. The van der Waals surface area contributed by atoms with Crippen LogP contribution in [0.25, 0.3) is 0 Å². The van der Waals surface area contributed by atoms with Crippen molar-refractivity contribution in [3.05, 3.63) is 56.6 Å². The Balaban J connectivity index is 2.40. The van der Waals surface area contributed by atoms with Gasteiger partial charge in [-0.1, -0.05) is 24.6 Å². The first-order chi connectivity index (χ1) is 12.1. The Morgan fingerprint density at radius 3 is 2.50 bits per heavy atom. The average Bonchev–Trinajstić information content (AvgIpc) is 2.53. The molecular weight excluding hydrogens is 487 g/mol. The third kappa shape index (κ3) is 5.11. The lowest BCUT2D eigenvalue weighted by molar-refractivity contribution is -0.117. The molecule has 140 valence electrons. The highest BCUT2D eigenvalue weighted by molar-refractivity contribution is 14.1. The number of sulfonamides is 1. The van der Waals surface area contributed by atoms with E-state index in [1.807, 2.05) is 25.1 Å². The van der Waals surface area contributed by atoms with Gasteiger partial charge >= 0.3 is 0 Å². The fraction of sp³-hybridized carbons (Fsp3) is 0.278. The molecule has 0 saturated heterocycles. The van der Waals surface area contributed by atoms with Gasteiger partial charge < -0.3 is 5.32 Å². The van der Waals surface area contributed by atoms with Gasteiger partial charge in [0.25, 0.3) is 0 Å². The monoisotopic (exact) mass is 506 g/mol. The number of carbonyl (C=O) groups is 1. The van der Waals surface area contributed by atoms with Crippen LogP contribution in [-0.4, -0.2) is 26.6 Å². The number of nitrogens with one attached hydrogen (secondary N) is 1. The molecule has 0 fully saturated rings. The summed E-state index contributed by atoms with van der Waals surface area (Å²) in [4.78, 5) is 12.9. The molecule has 0 spiro atoms. The summed E-state index contributed by atoms with van der Waals surface area (Å²) in [6.07, 6.45) is 1.40. The van der Waals surface area contributed by atoms with Gasteiger partial charge in [0.15, 0.2) is 0 Å². The highest BCUT2D eigenvalue weighted by Crippen LogP contribution is 2.26. The number of carbonyl (C=O) groups excluding carboxylic acids is 1. The van der Waals surface area contributed by atoms with Crippen LogP contribution in [0.2, 0.25) is 5.02 Å². The lowest BCUT2D eigenvalue weighted by atomic mass is 10.1. The van der Waals surface area contributed by atoms with Crippen LogP contribution in [0.5, 0.6) is 0 Å². The number of nitrogens with zero attached hydrogens (tertiary/aromatic N) is 1. The molecule has 0 aromatic heterocycles. The molecule has 1 atom stereocenters. The maximum atomic E-state index is 12.9. The molecule has 8 heteroatoms. The molecule has 0 radical (unpaired) electrons. The molecule has 0 aliphatic rings. The number of halogens is 2. The molecule has 0 bridgehead atoms. The van der Waals surface area contributed by atoms with Crippen molar-refractivity contribution in [3.8, 4) is 0 Å². The Kier molecular flexibility index (Phi) is 6.92. The summed E-state index contributed by atoms with van der Waals surface area (Å²) in [5, 5.41) is 3.25. The maximum Gasteiger partial charge on any atom is 0.248 e. The van der Waals surface area contributed by atoms with E-state index < -0.39 is 16.1 Å². The minimum absolute atomic E-state index is 0.314. The first kappa shape index (κ1) is 21.0. The third-order valence-electron chi connectivity index (χ3n) is 3.84. The smallest absolute Gasteiger partial charge is 0.248 e. The first-order valence-corrected chi connectivity index (χ1v) is 11.3. The Morgan fingerprint density at radius 2 is 1.96 bits per heavy atom.